The molecule has 0 radical (unpaired) electrons. The number of aromatic carboxylic acids is 1. The highest BCUT2D eigenvalue weighted by Crippen LogP contribution is 2.26. The van der Waals surface area contributed by atoms with Gasteiger partial charge in [-0.05, 0) is 45.7 Å². The fraction of sp³-hybridized carbons (Fsp3) is 0.533. The van der Waals surface area contributed by atoms with Crippen LogP contribution in [0.2, 0.25) is 0 Å². The van der Waals surface area contributed by atoms with E-state index in [0.717, 1.165) is 12.8 Å². The molecule has 2 heterocycles. The van der Waals surface area contributed by atoms with Crippen LogP contribution in [0.3, 0.4) is 0 Å². The third-order valence-corrected chi connectivity index (χ3v) is 4.10. The molecule has 21 heavy (non-hydrogen) atoms. The van der Waals surface area contributed by atoms with Crippen LogP contribution in [0, 0.1) is 0 Å². The van der Waals surface area contributed by atoms with Gasteiger partial charge in [-0.25, -0.2) is 9.78 Å². The first-order chi connectivity index (χ1) is 9.90. The molecule has 1 aromatic rings. The Bertz CT molecular complexity index is 537. The van der Waals surface area contributed by atoms with Crippen LogP contribution >= 0.6 is 0 Å². The van der Waals surface area contributed by atoms with E-state index in [1.807, 2.05) is 6.92 Å². The summed E-state index contributed by atoms with van der Waals surface area (Å²) in [5, 5.41) is 11.6. The van der Waals surface area contributed by atoms with Crippen LogP contribution in [0.4, 0.5) is 5.82 Å². The largest absolute Gasteiger partial charge is 0.478 e. The summed E-state index contributed by atoms with van der Waals surface area (Å²) in [6, 6.07) is 3.24. The molecule has 1 saturated heterocycles. The van der Waals surface area contributed by atoms with Crippen molar-refractivity contribution in [1.29, 1.82) is 0 Å². The molecule has 1 aliphatic rings. The fourth-order valence-corrected chi connectivity index (χ4v) is 2.98. The zero-order valence-corrected chi connectivity index (χ0v) is 12.5. The summed E-state index contributed by atoms with van der Waals surface area (Å²) < 4.78 is 0. The molecule has 2 rings (SSSR count). The fourth-order valence-electron chi connectivity index (χ4n) is 2.98. The monoisotopic (exact) mass is 291 g/mol. The van der Waals surface area contributed by atoms with E-state index < -0.39 is 5.97 Å². The van der Waals surface area contributed by atoms with Gasteiger partial charge >= 0.3 is 5.97 Å². The van der Waals surface area contributed by atoms with Crippen molar-refractivity contribution in [3.8, 4) is 0 Å². The highest BCUT2D eigenvalue weighted by molar-refractivity contribution is 5.95. The smallest absolute Gasteiger partial charge is 0.335 e. The quantitative estimate of drug-likeness (QED) is 0.886. The number of carbonyl (C=O) groups excluding carboxylic acids is 1. The van der Waals surface area contributed by atoms with Crippen LogP contribution in [0.1, 0.15) is 44.0 Å². The Morgan fingerprint density at radius 2 is 2.00 bits per heavy atom. The minimum Gasteiger partial charge on any atom is -0.478 e. The highest BCUT2D eigenvalue weighted by atomic mass is 16.4. The van der Waals surface area contributed by atoms with Crippen molar-refractivity contribution in [2.75, 3.05) is 5.32 Å². The normalized spacial score (nSPS) is 23.8. The minimum absolute atomic E-state index is 0.107. The van der Waals surface area contributed by atoms with Crippen LogP contribution in [0.15, 0.2) is 18.3 Å². The first-order valence-electron chi connectivity index (χ1n) is 7.17. The van der Waals surface area contributed by atoms with E-state index in [1.165, 1.54) is 18.3 Å². The number of rotatable bonds is 4. The molecule has 3 unspecified atom stereocenters. The number of pyridine rings is 1. The molecule has 6 heteroatoms. The molecule has 3 atom stereocenters. The summed E-state index contributed by atoms with van der Waals surface area (Å²) in [4.78, 5) is 29.4. The molecular weight excluding hydrogens is 270 g/mol. The summed E-state index contributed by atoms with van der Waals surface area (Å²) in [5.74, 6) is -0.931. The first-order valence-corrected chi connectivity index (χ1v) is 7.17. The van der Waals surface area contributed by atoms with Crippen molar-refractivity contribution >= 4 is 17.7 Å². The number of carbonyl (C=O) groups is 2. The Morgan fingerprint density at radius 3 is 2.57 bits per heavy atom. The summed E-state index contributed by atoms with van der Waals surface area (Å²) in [7, 11) is 0. The lowest BCUT2D eigenvalue weighted by molar-refractivity contribution is -0.121. The van der Waals surface area contributed by atoms with Gasteiger partial charge in [-0.1, -0.05) is 0 Å². The van der Waals surface area contributed by atoms with Gasteiger partial charge in [0, 0.05) is 18.3 Å². The number of amides is 1. The summed E-state index contributed by atoms with van der Waals surface area (Å²) in [5.41, 5.74) is 0.107. The van der Waals surface area contributed by atoms with E-state index >= 15 is 0 Å². The van der Waals surface area contributed by atoms with Gasteiger partial charge in [0.15, 0.2) is 0 Å². The van der Waals surface area contributed by atoms with Crippen LogP contribution in [-0.4, -0.2) is 45.0 Å². The Labute approximate surface area is 124 Å². The van der Waals surface area contributed by atoms with E-state index in [1.54, 1.807) is 0 Å². The van der Waals surface area contributed by atoms with Crippen molar-refractivity contribution in [2.45, 2.75) is 51.7 Å². The second-order valence-corrected chi connectivity index (χ2v) is 5.62. The van der Waals surface area contributed by atoms with Gasteiger partial charge in [0.1, 0.15) is 5.82 Å². The molecular formula is C15H21N3O3. The maximum Gasteiger partial charge on any atom is 0.335 e. The lowest BCUT2D eigenvalue weighted by Gasteiger charge is -2.31. The van der Waals surface area contributed by atoms with E-state index in [-0.39, 0.29) is 23.3 Å². The van der Waals surface area contributed by atoms with Gasteiger partial charge < -0.3 is 10.4 Å². The predicted molar refractivity (Wildman–Crippen MR) is 79.3 cm³/mol. The van der Waals surface area contributed by atoms with Gasteiger partial charge in [-0.2, -0.15) is 0 Å². The Hall–Kier alpha value is -1.95. The number of nitrogens with zero attached hydrogens (tertiary/aromatic N) is 2. The molecule has 0 spiro atoms. The molecule has 1 aromatic heterocycles. The third kappa shape index (κ3) is 3.39. The summed E-state index contributed by atoms with van der Waals surface area (Å²) >= 11 is 0. The van der Waals surface area contributed by atoms with Crippen LogP contribution < -0.4 is 5.32 Å². The molecule has 1 fully saturated rings. The van der Waals surface area contributed by atoms with Crippen LogP contribution in [0.5, 0.6) is 0 Å². The topological polar surface area (TPSA) is 82.5 Å². The Morgan fingerprint density at radius 1 is 1.38 bits per heavy atom. The Balaban J connectivity index is 2.07. The van der Waals surface area contributed by atoms with Crippen molar-refractivity contribution in [2.24, 2.45) is 0 Å². The second kappa shape index (κ2) is 6.22. The van der Waals surface area contributed by atoms with E-state index in [9.17, 15) is 9.59 Å². The number of anilines is 1. The molecule has 0 bridgehead atoms. The number of aromatic nitrogens is 1. The average Bonchev–Trinajstić information content (AvgIpc) is 2.77. The SMILES string of the molecule is CC1CCC(C)N1C(C)C(=O)Nc1cc(C(=O)O)ccn1. The highest BCUT2D eigenvalue weighted by Gasteiger charge is 2.34. The molecule has 0 aliphatic carbocycles. The maximum atomic E-state index is 12.3. The molecule has 6 nitrogen and oxygen atoms in total. The van der Waals surface area contributed by atoms with Crippen molar-refractivity contribution in [3.63, 3.8) is 0 Å². The number of carboxylic acid groups (broad SMARTS) is 1. The van der Waals surface area contributed by atoms with Crippen LogP contribution in [0.25, 0.3) is 0 Å². The molecule has 1 amide bonds. The number of nitrogens with one attached hydrogen (secondary N) is 1. The van der Waals surface area contributed by atoms with E-state index in [0.29, 0.717) is 12.1 Å². The summed E-state index contributed by atoms with van der Waals surface area (Å²) in [6.45, 7) is 6.11. The van der Waals surface area contributed by atoms with Gasteiger partial charge in [0.05, 0.1) is 11.6 Å². The van der Waals surface area contributed by atoms with Gasteiger partial charge in [-0.15, -0.1) is 0 Å². The standard InChI is InChI=1S/C15H21N3O3/c1-9-4-5-10(2)18(9)11(3)14(19)17-13-8-12(15(20)21)6-7-16-13/h6-11H,4-5H2,1-3H3,(H,20,21)(H,16,17,19). The lowest BCUT2D eigenvalue weighted by atomic mass is 10.2. The predicted octanol–water partition coefficient (Wildman–Crippen LogP) is 1.98. The number of carboxylic acids is 1. The molecule has 0 saturated carbocycles. The molecule has 2 N–H and O–H groups in total. The number of likely N-dealkylation sites (tertiary alicyclic amines) is 1. The van der Waals surface area contributed by atoms with Crippen molar-refractivity contribution in [3.05, 3.63) is 23.9 Å². The van der Waals surface area contributed by atoms with Crippen LogP contribution in [-0.2, 0) is 4.79 Å². The van der Waals surface area contributed by atoms with Crippen molar-refractivity contribution < 1.29 is 14.7 Å². The Kier molecular flexibility index (Phi) is 4.57. The van der Waals surface area contributed by atoms with Crippen molar-refractivity contribution in [1.82, 2.24) is 9.88 Å². The zero-order valence-electron chi connectivity index (χ0n) is 12.5. The lowest BCUT2D eigenvalue weighted by Crippen LogP contribution is -2.47. The number of hydrogen-bond donors (Lipinski definition) is 2. The van der Waals surface area contributed by atoms with Gasteiger partial charge in [-0.3, -0.25) is 9.69 Å². The third-order valence-electron chi connectivity index (χ3n) is 4.10. The maximum absolute atomic E-state index is 12.3. The minimum atomic E-state index is -1.04. The first kappa shape index (κ1) is 15.4. The van der Waals surface area contributed by atoms with Gasteiger partial charge in [0.2, 0.25) is 5.91 Å². The van der Waals surface area contributed by atoms with E-state index in [2.05, 4.69) is 29.0 Å². The molecule has 1 aliphatic heterocycles. The average molecular weight is 291 g/mol. The zero-order chi connectivity index (χ0) is 15.6. The van der Waals surface area contributed by atoms with E-state index in [4.69, 9.17) is 5.11 Å². The molecule has 0 aromatic carbocycles. The summed E-state index contributed by atoms with van der Waals surface area (Å²) in [6.07, 6.45) is 3.56. The molecule has 114 valence electrons. The van der Waals surface area contributed by atoms with Gasteiger partial charge in [0.25, 0.3) is 0 Å². The second-order valence-electron chi connectivity index (χ2n) is 5.62. The number of hydrogen-bond acceptors (Lipinski definition) is 4.